The molecule has 5 nitrogen and oxygen atoms in total. The second-order valence-electron chi connectivity index (χ2n) is 6.21. The van der Waals surface area contributed by atoms with Crippen LogP contribution in [0.5, 0.6) is 5.75 Å². The number of hydrogen-bond acceptors (Lipinski definition) is 3. The van der Waals surface area contributed by atoms with Crippen molar-refractivity contribution in [2.75, 3.05) is 26.2 Å². The quantitative estimate of drug-likeness (QED) is 0.849. The Morgan fingerprint density at radius 2 is 1.92 bits per heavy atom. The Kier molecular flexibility index (Phi) is 5.54. The number of aryl methyl sites for hydroxylation is 1. The monoisotopic (exact) mass is 327 g/mol. The summed E-state index contributed by atoms with van der Waals surface area (Å²) in [6.45, 7) is 2.83. The molecule has 1 N–H and O–H groups in total. The van der Waals surface area contributed by atoms with Crippen molar-refractivity contribution in [3.05, 3.63) is 54.4 Å². The van der Waals surface area contributed by atoms with Crippen LogP contribution < -0.4 is 10.1 Å². The fourth-order valence-corrected chi connectivity index (χ4v) is 3.22. The maximum Gasteiger partial charge on any atom is 0.258 e. The van der Waals surface area contributed by atoms with Gasteiger partial charge in [-0.2, -0.15) is 0 Å². The van der Waals surface area contributed by atoms with Gasteiger partial charge in [-0.25, -0.2) is 0 Å². The zero-order valence-corrected chi connectivity index (χ0v) is 14.1. The summed E-state index contributed by atoms with van der Waals surface area (Å²) in [6.07, 6.45) is 4.51. The van der Waals surface area contributed by atoms with Crippen molar-refractivity contribution in [2.45, 2.75) is 18.9 Å². The molecular weight excluding hydrogens is 302 g/mol. The molecule has 5 heteroatoms. The van der Waals surface area contributed by atoms with Crippen LogP contribution in [0.25, 0.3) is 0 Å². The zero-order chi connectivity index (χ0) is 16.8. The van der Waals surface area contributed by atoms with Gasteiger partial charge in [0.05, 0.1) is 6.04 Å². The number of carbonyl (C=O) groups excluding carboxylic acids is 1. The molecule has 3 rings (SSSR count). The van der Waals surface area contributed by atoms with Gasteiger partial charge in [-0.15, -0.1) is 0 Å². The molecule has 1 amide bonds. The van der Waals surface area contributed by atoms with E-state index in [4.69, 9.17) is 4.74 Å². The molecule has 1 fully saturated rings. The third-order valence-electron chi connectivity index (χ3n) is 4.51. The van der Waals surface area contributed by atoms with E-state index < -0.39 is 0 Å². The van der Waals surface area contributed by atoms with E-state index in [1.54, 1.807) is 0 Å². The molecule has 0 saturated carbocycles. The Bertz CT molecular complexity index is 648. The number of likely N-dealkylation sites (tertiary alicyclic amines) is 1. The van der Waals surface area contributed by atoms with Crippen molar-refractivity contribution in [1.29, 1.82) is 0 Å². The Morgan fingerprint density at radius 1 is 1.17 bits per heavy atom. The topological polar surface area (TPSA) is 46.5 Å². The number of para-hydroxylation sites is 1. The molecule has 2 aromatic rings. The third kappa shape index (κ3) is 4.17. The molecule has 1 aromatic carbocycles. The van der Waals surface area contributed by atoms with Crippen LogP contribution in [0.3, 0.4) is 0 Å². The van der Waals surface area contributed by atoms with Crippen molar-refractivity contribution in [1.82, 2.24) is 14.8 Å². The van der Waals surface area contributed by atoms with Gasteiger partial charge in [-0.05, 0) is 50.2 Å². The van der Waals surface area contributed by atoms with E-state index in [1.807, 2.05) is 30.3 Å². The fraction of sp³-hybridized carbons (Fsp3) is 0.421. The van der Waals surface area contributed by atoms with Crippen LogP contribution >= 0.6 is 0 Å². The highest BCUT2D eigenvalue weighted by molar-refractivity contribution is 5.77. The number of aromatic nitrogens is 1. The molecular formula is C19H25N3O2. The molecule has 128 valence electrons. The van der Waals surface area contributed by atoms with Crippen LogP contribution in [0.4, 0.5) is 0 Å². The van der Waals surface area contributed by atoms with Crippen molar-refractivity contribution < 1.29 is 9.53 Å². The van der Waals surface area contributed by atoms with Crippen molar-refractivity contribution >= 4 is 5.91 Å². The van der Waals surface area contributed by atoms with Gasteiger partial charge in [0.25, 0.3) is 5.91 Å². The number of benzene rings is 1. The van der Waals surface area contributed by atoms with Gasteiger partial charge in [0.15, 0.2) is 6.61 Å². The summed E-state index contributed by atoms with van der Waals surface area (Å²) in [4.78, 5) is 14.6. The lowest BCUT2D eigenvalue weighted by Gasteiger charge is -2.28. The third-order valence-corrected chi connectivity index (χ3v) is 4.51. The van der Waals surface area contributed by atoms with Crippen LogP contribution in [0.2, 0.25) is 0 Å². The van der Waals surface area contributed by atoms with Crippen molar-refractivity contribution in [3.8, 4) is 5.75 Å². The van der Waals surface area contributed by atoms with Crippen molar-refractivity contribution in [3.63, 3.8) is 0 Å². The largest absolute Gasteiger partial charge is 0.484 e. The first-order chi connectivity index (χ1) is 11.7. The van der Waals surface area contributed by atoms with E-state index in [-0.39, 0.29) is 18.6 Å². The lowest BCUT2D eigenvalue weighted by Crippen LogP contribution is -2.39. The standard InChI is InChI=1S/C19H25N3O2/c1-21-11-7-10-17(21)18(22-12-5-6-13-22)14-20-19(23)15-24-16-8-3-2-4-9-16/h2-4,7-11,18H,5-6,12-15H2,1H3,(H,20,23). The summed E-state index contributed by atoms with van der Waals surface area (Å²) in [5, 5.41) is 3.03. The first-order valence-corrected chi connectivity index (χ1v) is 8.54. The highest BCUT2D eigenvalue weighted by atomic mass is 16.5. The number of nitrogens with one attached hydrogen (secondary N) is 1. The zero-order valence-electron chi connectivity index (χ0n) is 14.1. The second-order valence-corrected chi connectivity index (χ2v) is 6.21. The Morgan fingerprint density at radius 3 is 2.58 bits per heavy atom. The van der Waals surface area contributed by atoms with Gasteiger partial charge in [0.1, 0.15) is 5.75 Å². The van der Waals surface area contributed by atoms with Crippen molar-refractivity contribution in [2.24, 2.45) is 7.05 Å². The molecule has 0 radical (unpaired) electrons. The Balaban J connectivity index is 1.55. The van der Waals surface area contributed by atoms with Gasteiger partial charge < -0.3 is 14.6 Å². The van der Waals surface area contributed by atoms with E-state index in [9.17, 15) is 4.79 Å². The lowest BCUT2D eigenvalue weighted by atomic mass is 10.1. The van der Waals surface area contributed by atoms with Gasteiger partial charge in [0, 0.05) is 25.5 Å². The molecule has 2 heterocycles. The average molecular weight is 327 g/mol. The highest BCUT2D eigenvalue weighted by Gasteiger charge is 2.25. The fourth-order valence-electron chi connectivity index (χ4n) is 3.22. The minimum atomic E-state index is -0.0859. The molecule has 0 bridgehead atoms. The summed E-state index contributed by atoms with van der Waals surface area (Å²) in [5.74, 6) is 0.628. The van der Waals surface area contributed by atoms with Gasteiger partial charge >= 0.3 is 0 Å². The maximum absolute atomic E-state index is 12.1. The highest BCUT2D eigenvalue weighted by Crippen LogP contribution is 2.24. The van der Waals surface area contributed by atoms with Crippen LogP contribution in [0, 0.1) is 0 Å². The molecule has 1 unspecified atom stereocenters. The number of ether oxygens (including phenoxy) is 1. The summed E-state index contributed by atoms with van der Waals surface area (Å²) >= 11 is 0. The number of carbonyl (C=O) groups is 1. The van der Waals surface area contributed by atoms with Gasteiger partial charge in [-0.3, -0.25) is 9.69 Å². The molecule has 1 aliphatic rings. The lowest BCUT2D eigenvalue weighted by molar-refractivity contribution is -0.123. The minimum Gasteiger partial charge on any atom is -0.484 e. The SMILES string of the molecule is Cn1cccc1C(CNC(=O)COc1ccccc1)N1CCCC1. The summed E-state index contributed by atoms with van der Waals surface area (Å²) in [5.41, 5.74) is 1.24. The van der Waals surface area contributed by atoms with Gasteiger partial charge in [0.2, 0.25) is 0 Å². The second kappa shape index (κ2) is 8.02. The smallest absolute Gasteiger partial charge is 0.258 e. The van der Waals surface area contributed by atoms with Crippen LogP contribution in [-0.4, -0.2) is 41.6 Å². The molecule has 0 spiro atoms. The minimum absolute atomic E-state index is 0.0455. The van der Waals surface area contributed by atoms with E-state index in [0.717, 1.165) is 13.1 Å². The molecule has 1 aromatic heterocycles. The Labute approximate surface area is 143 Å². The van der Waals surface area contributed by atoms with E-state index in [2.05, 4.69) is 40.2 Å². The summed E-state index contributed by atoms with van der Waals surface area (Å²) in [6, 6.07) is 13.8. The first-order valence-electron chi connectivity index (χ1n) is 8.54. The number of rotatable bonds is 7. The summed E-state index contributed by atoms with van der Waals surface area (Å²) in [7, 11) is 2.05. The van der Waals surface area contributed by atoms with E-state index in [0.29, 0.717) is 12.3 Å². The average Bonchev–Trinajstić information content (AvgIpc) is 3.27. The molecule has 1 atom stereocenters. The van der Waals surface area contributed by atoms with Crippen LogP contribution in [0.15, 0.2) is 48.7 Å². The first kappa shape index (κ1) is 16.6. The Hall–Kier alpha value is -2.27. The molecule has 1 aliphatic heterocycles. The van der Waals surface area contributed by atoms with Gasteiger partial charge in [-0.1, -0.05) is 18.2 Å². The predicted octanol–water partition coefficient (Wildman–Crippen LogP) is 2.36. The normalized spacial score (nSPS) is 16.0. The molecule has 24 heavy (non-hydrogen) atoms. The number of hydrogen-bond donors (Lipinski definition) is 1. The number of amides is 1. The van der Waals surface area contributed by atoms with Crippen LogP contribution in [-0.2, 0) is 11.8 Å². The molecule has 1 saturated heterocycles. The maximum atomic E-state index is 12.1. The predicted molar refractivity (Wildman–Crippen MR) is 93.9 cm³/mol. The van der Waals surface area contributed by atoms with E-state index >= 15 is 0 Å². The van der Waals surface area contributed by atoms with Crippen LogP contribution in [0.1, 0.15) is 24.6 Å². The molecule has 0 aliphatic carbocycles. The summed E-state index contributed by atoms with van der Waals surface area (Å²) < 4.78 is 7.64. The van der Waals surface area contributed by atoms with E-state index in [1.165, 1.54) is 18.5 Å². The number of nitrogens with zero attached hydrogens (tertiary/aromatic N) is 2.